The van der Waals surface area contributed by atoms with Crippen LogP contribution in [0.1, 0.15) is 55.5 Å². The van der Waals surface area contributed by atoms with E-state index in [0.29, 0.717) is 19.0 Å². The normalized spacial score (nSPS) is 11.3. The summed E-state index contributed by atoms with van der Waals surface area (Å²) in [5.41, 5.74) is 1.49. The number of carbonyl (C=O) groups excluding carboxylic acids is 3. The maximum Gasteiger partial charge on any atom is 0.313 e. The molecule has 0 aliphatic rings. The third-order valence-electron chi connectivity index (χ3n) is 5.33. The highest BCUT2D eigenvalue weighted by Crippen LogP contribution is 2.16. The summed E-state index contributed by atoms with van der Waals surface area (Å²) in [6.07, 6.45) is 4.16. The van der Waals surface area contributed by atoms with Gasteiger partial charge in [0.25, 0.3) is 5.91 Å². The number of ether oxygens (including phenoxy) is 1. The molecular formula is C25H33N3O4. The standard InChI is InChI=1S/C25H33N3O4/c1-4-6-9-18(5-2)16-27-24(30)25(31)28-22-11-8-7-10-21(22)23(29)26-17-19-12-14-20(32-3)15-13-19/h7-8,10-15,18H,4-6,9,16-17H2,1-3H3,(H,26,29)(H,27,30)(H,28,31)/t18-/m1/s1. The van der Waals surface area contributed by atoms with E-state index >= 15 is 0 Å². The molecule has 2 aromatic carbocycles. The number of amides is 3. The molecule has 3 N–H and O–H groups in total. The van der Waals surface area contributed by atoms with Crippen molar-refractivity contribution in [3.05, 3.63) is 59.7 Å². The average Bonchev–Trinajstić information content (AvgIpc) is 2.83. The molecule has 0 fully saturated rings. The topological polar surface area (TPSA) is 96.5 Å². The molecule has 32 heavy (non-hydrogen) atoms. The van der Waals surface area contributed by atoms with Gasteiger partial charge in [-0.2, -0.15) is 0 Å². The molecule has 172 valence electrons. The van der Waals surface area contributed by atoms with Crippen molar-refractivity contribution in [2.24, 2.45) is 5.92 Å². The molecule has 0 aromatic heterocycles. The first-order valence-electron chi connectivity index (χ1n) is 11.1. The van der Waals surface area contributed by atoms with Gasteiger partial charge in [-0.25, -0.2) is 0 Å². The predicted molar refractivity (Wildman–Crippen MR) is 126 cm³/mol. The van der Waals surface area contributed by atoms with E-state index in [1.165, 1.54) is 0 Å². The lowest BCUT2D eigenvalue weighted by Gasteiger charge is -2.15. The van der Waals surface area contributed by atoms with Crippen molar-refractivity contribution < 1.29 is 19.1 Å². The van der Waals surface area contributed by atoms with Crippen LogP contribution in [0.5, 0.6) is 5.75 Å². The van der Waals surface area contributed by atoms with Gasteiger partial charge in [0, 0.05) is 13.1 Å². The van der Waals surface area contributed by atoms with Gasteiger partial charge in [-0.15, -0.1) is 0 Å². The van der Waals surface area contributed by atoms with Crippen molar-refractivity contribution in [1.82, 2.24) is 10.6 Å². The molecule has 0 radical (unpaired) electrons. The van der Waals surface area contributed by atoms with Crippen LogP contribution >= 0.6 is 0 Å². The maximum atomic E-state index is 12.7. The number of unbranched alkanes of at least 4 members (excludes halogenated alkanes) is 1. The Labute approximate surface area is 189 Å². The molecule has 2 aromatic rings. The van der Waals surface area contributed by atoms with Gasteiger partial charge < -0.3 is 20.7 Å². The molecule has 0 bridgehead atoms. The SMILES string of the molecule is CCCC[C@@H](CC)CNC(=O)C(=O)Nc1ccccc1C(=O)NCc1ccc(OC)cc1. The summed E-state index contributed by atoms with van der Waals surface area (Å²) in [4.78, 5) is 37.3. The molecule has 0 aliphatic carbocycles. The van der Waals surface area contributed by atoms with E-state index < -0.39 is 11.8 Å². The van der Waals surface area contributed by atoms with Crippen LogP contribution in [-0.4, -0.2) is 31.4 Å². The Bertz CT molecular complexity index is 896. The number of benzene rings is 2. The van der Waals surface area contributed by atoms with Crippen LogP contribution in [0, 0.1) is 5.92 Å². The molecule has 0 aliphatic heterocycles. The Balaban J connectivity index is 1.94. The van der Waals surface area contributed by atoms with Crippen molar-refractivity contribution in [1.29, 1.82) is 0 Å². The highest BCUT2D eigenvalue weighted by Gasteiger charge is 2.18. The first-order valence-corrected chi connectivity index (χ1v) is 11.1. The van der Waals surface area contributed by atoms with Gasteiger partial charge in [0.15, 0.2) is 0 Å². The summed E-state index contributed by atoms with van der Waals surface area (Å²) in [5.74, 6) is -0.744. The van der Waals surface area contributed by atoms with Crippen molar-refractivity contribution in [2.45, 2.75) is 46.1 Å². The van der Waals surface area contributed by atoms with Crippen LogP contribution < -0.4 is 20.7 Å². The summed E-state index contributed by atoms with van der Waals surface area (Å²) in [6, 6.07) is 14.0. The molecule has 1 atom stereocenters. The Kier molecular flexibility index (Phi) is 10.2. The molecule has 2 rings (SSSR count). The monoisotopic (exact) mass is 439 g/mol. The van der Waals surface area contributed by atoms with E-state index in [2.05, 4.69) is 29.8 Å². The molecule has 0 spiro atoms. The van der Waals surface area contributed by atoms with Gasteiger partial charge in [-0.3, -0.25) is 14.4 Å². The van der Waals surface area contributed by atoms with Crippen LogP contribution in [0.25, 0.3) is 0 Å². The minimum atomic E-state index is -0.786. The lowest BCUT2D eigenvalue weighted by atomic mass is 9.99. The van der Waals surface area contributed by atoms with E-state index in [1.54, 1.807) is 31.4 Å². The fourth-order valence-electron chi connectivity index (χ4n) is 3.25. The van der Waals surface area contributed by atoms with Crippen LogP contribution in [0.4, 0.5) is 5.69 Å². The second-order valence-electron chi connectivity index (χ2n) is 7.66. The summed E-state index contributed by atoms with van der Waals surface area (Å²) in [7, 11) is 1.59. The van der Waals surface area contributed by atoms with E-state index in [0.717, 1.165) is 37.0 Å². The second-order valence-corrected chi connectivity index (χ2v) is 7.66. The number of nitrogens with one attached hydrogen (secondary N) is 3. The number of anilines is 1. The lowest BCUT2D eigenvalue weighted by Crippen LogP contribution is -2.38. The van der Waals surface area contributed by atoms with Gasteiger partial charge >= 0.3 is 11.8 Å². The van der Waals surface area contributed by atoms with Gasteiger partial charge in [-0.05, 0) is 42.2 Å². The van der Waals surface area contributed by atoms with E-state index in [-0.39, 0.29) is 17.2 Å². The number of para-hydroxylation sites is 1. The van der Waals surface area contributed by atoms with Crippen LogP contribution in [0.2, 0.25) is 0 Å². The minimum absolute atomic E-state index is 0.288. The molecule has 3 amide bonds. The molecular weight excluding hydrogens is 406 g/mol. The second kappa shape index (κ2) is 13.1. The van der Waals surface area contributed by atoms with E-state index in [1.807, 2.05) is 24.3 Å². The Hall–Kier alpha value is -3.35. The van der Waals surface area contributed by atoms with Crippen molar-refractivity contribution in [3.63, 3.8) is 0 Å². The first-order chi connectivity index (χ1) is 15.5. The smallest absolute Gasteiger partial charge is 0.313 e. The van der Waals surface area contributed by atoms with Crippen molar-refractivity contribution in [2.75, 3.05) is 19.0 Å². The quantitative estimate of drug-likeness (QED) is 0.463. The highest BCUT2D eigenvalue weighted by atomic mass is 16.5. The summed E-state index contributed by atoms with van der Waals surface area (Å²) < 4.78 is 5.13. The lowest BCUT2D eigenvalue weighted by molar-refractivity contribution is -0.136. The fourth-order valence-corrected chi connectivity index (χ4v) is 3.25. The number of methoxy groups -OCH3 is 1. The Morgan fingerprint density at radius 1 is 0.938 bits per heavy atom. The molecule has 7 nitrogen and oxygen atoms in total. The van der Waals surface area contributed by atoms with E-state index in [9.17, 15) is 14.4 Å². The van der Waals surface area contributed by atoms with Gasteiger partial charge in [-0.1, -0.05) is 57.4 Å². The van der Waals surface area contributed by atoms with Gasteiger partial charge in [0.1, 0.15) is 5.75 Å². The molecule has 0 heterocycles. The predicted octanol–water partition coefficient (Wildman–Crippen LogP) is 3.90. The molecule has 0 saturated carbocycles. The highest BCUT2D eigenvalue weighted by molar-refractivity contribution is 6.40. The minimum Gasteiger partial charge on any atom is -0.497 e. The molecule has 0 unspecified atom stereocenters. The first kappa shape index (κ1) is 24.9. The largest absolute Gasteiger partial charge is 0.497 e. The molecule has 0 saturated heterocycles. The number of rotatable bonds is 11. The molecule has 7 heteroatoms. The Morgan fingerprint density at radius 3 is 2.31 bits per heavy atom. The van der Waals surface area contributed by atoms with E-state index in [4.69, 9.17) is 4.74 Å². The number of carbonyl (C=O) groups is 3. The zero-order chi connectivity index (χ0) is 23.3. The zero-order valence-electron chi connectivity index (χ0n) is 19.1. The third-order valence-corrected chi connectivity index (χ3v) is 5.33. The van der Waals surface area contributed by atoms with Crippen LogP contribution in [0.3, 0.4) is 0 Å². The van der Waals surface area contributed by atoms with Crippen molar-refractivity contribution in [3.8, 4) is 5.75 Å². The summed E-state index contributed by atoms with van der Waals surface area (Å²) in [6.45, 7) is 4.99. The van der Waals surface area contributed by atoms with Crippen LogP contribution in [0.15, 0.2) is 48.5 Å². The third kappa shape index (κ3) is 7.72. The Morgan fingerprint density at radius 2 is 1.66 bits per heavy atom. The zero-order valence-corrected chi connectivity index (χ0v) is 19.1. The summed E-state index contributed by atoms with van der Waals surface area (Å²) >= 11 is 0. The van der Waals surface area contributed by atoms with Gasteiger partial charge in [0.2, 0.25) is 0 Å². The maximum absolute atomic E-state index is 12.7. The fraction of sp³-hybridized carbons (Fsp3) is 0.400. The average molecular weight is 440 g/mol. The van der Waals surface area contributed by atoms with Crippen LogP contribution in [-0.2, 0) is 16.1 Å². The van der Waals surface area contributed by atoms with Gasteiger partial charge in [0.05, 0.1) is 18.4 Å². The van der Waals surface area contributed by atoms with Crippen molar-refractivity contribution >= 4 is 23.4 Å². The number of hydrogen-bond donors (Lipinski definition) is 3. The summed E-state index contributed by atoms with van der Waals surface area (Å²) in [5, 5.41) is 8.10. The number of hydrogen-bond acceptors (Lipinski definition) is 4.